The molecular weight excluding hydrogens is 761 g/mol. The highest BCUT2D eigenvalue weighted by Gasteiger charge is 2.27. The normalized spacial score (nSPS) is 12.7. The van der Waals surface area contributed by atoms with Gasteiger partial charge in [0.05, 0.1) is 57.3 Å². The highest BCUT2D eigenvalue weighted by Crippen LogP contribution is 2.47. The Bertz CT molecular complexity index is 2620. The van der Waals surface area contributed by atoms with Crippen molar-refractivity contribution in [3.63, 3.8) is 0 Å². The Morgan fingerprint density at radius 1 is 0.387 bits per heavy atom. The molecule has 2 heterocycles. The van der Waals surface area contributed by atoms with Crippen LogP contribution >= 0.6 is 0 Å². The number of ether oxygens (including phenoxy) is 2. The number of fused-ring (bicyclic) bond motifs is 8. The van der Waals surface area contributed by atoms with Crippen molar-refractivity contribution < 1.29 is 9.47 Å². The van der Waals surface area contributed by atoms with E-state index in [4.69, 9.17) is 29.4 Å². The Kier molecular flexibility index (Phi) is 13.3. The van der Waals surface area contributed by atoms with Gasteiger partial charge in [0.1, 0.15) is 0 Å². The first kappa shape index (κ1) is 43.8. The van der Waals surface area contributed by atoms with E-state index < -0.39 is 0 Å². The molecular formula is C56H70N4O2. The molecule has 0 amide bonds. The summed E-state index contributed by atoms with van der Waals surface area (Å²) in [5.41, 5.74) is 9.36. The van der Waals surface area contributed by atoms with E-state index in [9.17, 15) is 0 Å². The summed E-state index contributed by atoms with van der Waals surface area (Å²) in [5.74, 6) is 1.54. The van der Waals surface area contributed by atoms with Crippen LogP contribution in [0.5, 0.6) is 11.5 Å². The van der Waals surface area contributed by atoms with Gasteiger partial charge in [-0.15, -0.1) is 0 Å². The number of nitrogens with zero attached hydrogens (tertiary/aromatic N) is 4. The van der Waals surface area contributed by atoms with Crippen LogP contribution in [0.4, 0.5) is 0 Å². The van der Waals surface area contributed by atoms with Crippen LogP contribution in [-0.4, -0.2) is 33.1 Å². The minimum atomic E-state index is -0.116. The third-order valence-corrected chi connectivity index (χ3v) is 13.1. The molecule has 326 valence electrons. The molecule has 6 nitrogen and oxygen atoms in total. The van der Waals surface area contributed by atoms with Gasteiger partial charge < -0.3 is 9.47 Å². The maximum absolute atomic E-state index is 6.62. The molecule has 0 aliphatic rings. The van der Waals surface area contributed by atoms with E-state index in [0.29, 0.717) is 13.2 Å². The molecule has 0 aliphatic carbocycles. The number of rotatable bonds is 20. The van der Waals surface area contributed by atoms with Crippen molar-refractivity contribution in [2.75, 3.05) is 13.2 Å². The van der Waals surface area contributed by atoms with Gasteiger partial charge in [0.25, 0.3) is 0 Å². The molecule has 0 atom stereocenters. The lowest BCUT2D eigenvalue weighted by Crippen LogP contribution is -2.12. The Hall–Kier alpha value is -4.84. The molecule has 8 rings (SSSR count). The van der Waals surface area contributed by atoms with Crippen LogP contribution in [0.1, 0.15) is 169 Å². The topological polar surface area (TPSA) is 70.0 Å². The summed E-state index contributed by atoms with van der Waals surface area (Å²) in [6.45, 7) is 19.6. The van der Waals surface area contributed by atoms with Crippen molar-refractivity contribution in [3.8, 4) is 11.5 Å². The molecule has 0 spiro atoms. The summed E-state index contributed by atoms with van der Waals surface area (Å²) in [4.78, 5) is 21.9. The van der Waals surface area contributed by atoms with Gasteiger partial charge in [0.2, 0.25) is 0 Å². The van der Waals surface area contributed by atoms with E-state index in [-0.39, 0.29) is 10.8 Å². The predicted molar refractivity (Wildman–Crippen MR) is 265 cm³/mol. The Morgan fingerprint density at radius 3 is 1.02 bits per heavy atom. The fourth-order valence-electron chi connectivity index (χ4n) is 9.31. The van der Waals surface area contributed by atoms with Crippen LogP contribution in [0.3, 0.4) is 0 Å². The molecule has 0 radical (unpaired) electrons. The Balaban J connectivity index is 1.27. The van der Waals surface area contributed by atoms with Gasteiger partial charge in [0.15, 0.2) is 11.5 Å². The van der Waals surface area contributed by atoms with Crippen molar-refractivity contribution in [2.45, 2.75) is 169 Å². The van der Waals surface area contributed by atoms with Crippen molar-refractivity contribution in [3.05, 3.63) is 71.8 Å². The van der Waals surface area contributed by atoms with E-state index in [1.54, 1.807) is 0 Å². The zero-order chi connectivity index (χ0) is 43.4. The van der Waals surface area contributed by atoms with Crippen LogP contribution in [0.15, 0.2) is 60.7 Å². The molecule has 6 aromatic carbocycles. The molecule has 0 saturated heterocycles. The SMILES string of the molecule is CCCCCCCCCCOc1cc2nc3c4cc(C(C)(C)C)cc5c6nc7ccccc7nc6c6cc(C(C)(C)C)cc(c3nc2cc1OCCCCCCCCCC)c6c54. The van der Waals surface area contributed by atoms with Gasteiger partial charge >= 0.3 is 0 Å². The van der Waals surface area contributed by atoms with Crippen LogP contribution < -0.4 is 9.47 Å². The molecule has 0 unspecified atom stereocenters. The second-order valence-corrected chi connectivity index (χ2v) is 20.2. The monoisotopic (exact) mass is 831 g/mol. The maximum atomic E-state index is 6.62. The number of benzene rings is 6. The third kappa shape index (κ3) is 9.26. The molecule has 8 aromatic rings. The van der Waals surface area contributed by atoms with Crippen molar-refractivity contribution in [1.29, 1.82) is 0 Å². The largest absolute Gasteiger partial charge is 0.490 e. The number of para-hydroxylation sites is 2. The molecule has 0 N–H and O–H groups in total. The first-order valence-electron chi connectivity index (χ1n) is 24.2. The Labute approximate surface area is 370 Å². The van der Waals surface area contributed by atoms with Crippen molar-refractivity contribution >= 4 is 76.5 Å². The fourth-order valence-corrected chi connectivity index (χ4v) is 9.31. The standard InChI is InChI=1S/C56H70N4O2/c1-9-11-13-15-17-19-21-25-29-61-47-35-45-46(36-48(47)62-30-26-22-20-18-16-14-12-10-2)60-54-42-34-38(56(6,7)8)32-40-50(42)49-39(31-37(55(3,4)5)33-41(49)53(54)59-45)51-52(40)58-44-28-24-23-27-43(44)57-51/h23-24,27-28,31-36H,9-22,25-26,29-30H2,1-8H3. The van der Waals surface area contributed by atoms with Gasteiger partial charge in [-0.1, -0.05) is 157 Å². The average molecular weight is 831 g/mol. The minimum absolute atomic E-state index is 0.116. The van der Waals surface area contributed by atoms with Crippen LogP contribution in [0.2, 0.25) is 0 Å². The lowest BCUT2D eigenvalue weighted by molar-refractivity contribution is 0.259. The van der Waals surface area contributed by atoms with Gasteiger partial charge in [-0.05, 0) is 71.2 Å². The molecule has 2 aromatic heterocycles. The number of hydrogen-bond donors (Lipinski definition) is 0. The summed E-state index contributed by atoms with van der Waals surface area (Å²) >= 11 is 0. The van der Waals surface area contributed by atoms with Gasteiger partial charge in [0, 0.05) is 44.5 Å². The van der Waals surface area contributed by atoms with Crippen LogP contribution in [0, 0.1) is 0 Å². The maximum Gasteiger partial charge on any atom is 0.163 e. The molecule has 0 bridgehead atoms. The summed E-state index contributed by atoms with van der Waals surface area (Å²) < 4.78 is 13.2. The van der Waals surface area contributed by atoms with E-state index in [1.165, 1.54) is 112 Å². The first-order chi connectivity index (χ1) is 30.0. The van der Waals surface area contributed by atoms with E-state index in [2.05, 4.69) is 116 Å². The van der Waals surface area contributed by atoms with E-state index >= 15 is 0 Å². The predicted octanol–water partition coefficient (Wildman–Crippen LogP) is 16.4. The quantitative estimate of drug-likeness (QED) is 0.0433. The average Bonchev–Trinajstić information content (AvgIpc) is 3.25. The summed E-state index contributed by atoms with van der Waals surface area (Å²) in [7, 11) is 0. The van der Waals surface area contributed by atoms with Crippen molar-refractivity contribution in [2.24, 2.45) is 0 Å². The minimum Gasteiger partial charge on any atom is -0.490 e. The number of hydrogen-bond acceptors (Lipinski definition) is 6. The summed E-state index contributed by atoms with van der Waals surface area (Å²) in [6.07, 6.45) is 20.2. The molecule has 0 fully saturated rings. The van der Waals surface area contributed by atoms with Gasteiger partial charge in [-0.2, -0.15) is 0 Å². The van der Waals surface area contributed by atoms with E-state index in [1.807, 2.05) is 0 Å². The van der Waals surface area contributed by atoms with Crippen molar-refractivity contribution in [1.82, 2.24) is 19.9 Å². The third-order valence-electron chi connectivity index (χ3n) is 13.1. The highest BCUT2D eigenvalue weighted by atomic mass is 16.5. The molecule has 62 heavy (non-hydrogen) atoms. The highest BCUT2D eigenvalue weighted by molar-refractivity contribution is 6.39. The smallest absolute Gasteiger partial charge is 0.163 e. The van der Waals surface area contributed by atoms with Gasteiger partial charge in [-0.3, -0.25) is 0 Å². The number of unbranched alkanes of at least 4 members (excludes halogenated alkanes) is 14. The molecule has 0 aliphatic heterocycles. The first-order valence-corrected chi connectivity index (χ1v) is 24.2. The van der Waals surface area contributed by atoms with Crippen LogP contribution in [-0.2, 0) is 10.8 Å². The van der Waals surface area contributed by atoms with Gasteiger partial charge in [-0.25, -0.2) is 19.9 Å². The lowest BCUT2D eigenvalue weighted by Gasteiger charge is -2.25. The van der Waals surface area contributed by atoms with E-state index in [0.717, 1.165) is 90.0 Å². The molecule has 0 saturated carbocycles. The summed E-state index contributed by atoms with van der Waals surface area (Å²) in [6, 6.07) is 21.9. The zero-order valence-corrected chi connectivity index (χ0v) is 39.1. The summed E-state index contributed by atoms with van der Waals surface area (Å²) in [5, 5.41) is 6.79. The zero-order valence-electron chi connectivity index (χ0n) is 39.1. The van der Waals surface area contributed by atoms with Crippen LogP contribution in [0.25, 0.3) is 76.5 Å². The second-order valence-electron chi connectivity index (χ2n) is 20.2. The Morgan fingerprint density at radius 2 is 0.694 bits per heavy atom. The second kappa shape index (κ2) is 18.9. The number of aromatic nitrogens is 4. The molecule has 6 heteroatoms. The lowest BCUT2D eigenvalue weighted by atomic mass is 9.80. The fraction of sp³-hybridized carbons (Fsp3) is 0.500.